The van der Waals surface area contributed by atoms with Crippen molar-refractivity contribution < 1.29 is 29.3 Å². The molecule has 2 aliphatic rings. The van der Waals surface area contributed by atoms with Gasteiger partial charge in [-0.25, -0.2) is 4.79 Å². The molecule has 2 saturated heterocycles. The molecule has 0 aromatic heterocycles. The normalized spacial score (nSPS) is 33.1. The number of urea groups is 1. The van der Waals surface area contributed by atoms with E-state index in [0.717, 1.165) is 0 Å². The second-order valence-electron chi connectivity index (χ2n) is 6.16. The fraction of sp³-hybridized carbons (Fsp3) is 0.769. The van der Waals surface area contributed by atoms with Crippen LogP contribution in [0.5, 0.6) is 0 Å². The Morgan fingerprint density at radius 2 is 2.29 bits per heavy atom. The maximum Gasteiger partial charge on any atom is 0.326 e. The number of azide groups is 1. The molecule has 0 aromatic rings. The quantitative estimate of drug-likeness (QED) is 0.354. The van der Waals surface area contributed by atoms with E-state index in [1.165, 1.54) is 4.90 Å². The Hall–Kier alpha value is -2.36. The number of carbonyl (C=O) groups is 3. The lowest BCUT2D eigenvalue weighted by molar-refractivity contribution is -0.141. The van der Waals surface area contributed by atoms with Gasteiger partial charge in [0.2, 0.25) is 5.91 Å². The number of nitrogens with zero attached hydrogens (tertiary/aromatic N) is 4. The number of imide groups is 1. The number of rotatable bonds is 6. The number of aliphatic hydroxyl groups is 1. The molecular weight excluding hydrogens is 322 g/mol. The third-order valence-electron chi connectivity index (χ3n) is 4.37. The number of aliphatic carboxylic acids is 1. The Bertz CT molecular complexity index is 591. The van der Waals surface area contributed by atoms with Crippen LogP contribution in [0.15, 0.2) is 5.11 Å². The number of hydrogen-bond donors (Lipinski definition) is 3. The Labute approximate surface area is 137 Å². The molecule has 2 aliphatic heterocycles. The van der Waals surface area contributed by atoms with E-state index in [2.05, 4.69) is 15.3 Å². The summed E-state index contributed by atoms with van der Waals surface area (Å²) in [5.41, 5.74) is 7.49. The van der Waals surface area contributed by atoms with Crippen molar-refractivity contribution in [3.05, 3.63) is 10.4 Å². The van der Waals surface area contributed by atoms with E-state index in [1.807, 2.05) is 0 Å². The van der Waals surface area contributed by atoms with Crippen LogP contribution in [0.25, 0.3) is 10.4 Å². The first-order chi connectivity index (χ1) is 11.3. The van der Waals surface area contributed by atoms with Gasteiger partial charge in [-0.3, -0.25) is 19.8 Å². The number of hydrogen-bond acceptors (Lipinski definition) is 6. The second-order valence-corrected chi connectivity index (χ2v) is 6.16. The lowest BCUT2D eigenvalue weighted by Crippen LogP contribution is -2.62. The molecule has 3 amide bonds. The van der Waals surface area contributed by atoms with Gasteiger partial charge in [0, 0.05) is 24.3 Å². The molecule has 0 aliphatic carbocycles. The summed E-state index contributed by atoms with van der Waals surface area (Å²) in [6.07, 6.45) is -1.46. The monoisotopic (exact) mass is 341 g/mol. The first kappa shape index (κ1) is 18.0. The zero-order valence-corrected chi connectivity index (χ0v) is 13.1. The van der Waals surface area contributed by atoms with Gasteiger partial charge >= 0.3 is 12.0 Å². The molecular formula is C13H19N5O6. The molecule has 4 atom stereocenters. The highest BCUT2D eigenvalue weighted by Crippen LogP contribution is 2.33. The van der Waals surface area contributed by atoms with Crippen LogP contribution in [-0.2, 0) is 14.3 Å². The van der Waals surface area contributed by atoms with Crippen LogP contribution in [0, 0.1) is 5.41 Å². The van der Waals surface area contributed by atoms with Gasteiger partial charge in [0.15, 0.2) is 0 Å². The molecule has 132 valence electrons. The first-order valence-corrected chi connectivity index (χ1v) is 7.45. The minimum Gasteiger partial charge on any atom is -0.481 e. The predicted molar refractivity (Wildman–Crippen MR) is 78.5 cm³/mol. The number of nitrogens with one attached hydrogen (secondary N) is 1. The molecule has 0 spiro atoms. The number of carboxylic acid groups (broad SMARTS) is 1. The number of carbonyl (C=O) groups excluding carboxylic acids is 2. The van der Waals surface area contributed by atoms with E-state index < -0.39 is 41.7 Å². The molecule has 1 unspecified atom stereocenters. The van der Waals surface area contributed by atoms with Gasteiger partial charge in [0.05, 0.1) is 24.2 Å². The largest absolute Gasteiger partial charge is 0.481 e. The van der Waals surface area contributed by atoms with Crippen molar-refractivity contribution in [3.63, 3.8) is 0 Å². The molecule has 2 fully saturated rings. The van der Waals surface area contributed by atoms with Crippen molar-refractivity contribution in [2.24, 2.45) is 10.5 Å². The van der Waals surface area contributed by atoms with Crippen LogP contribution >= 0.6 is 0 Å². The van der Waals surface area contributed by atoms with Crippen molar-refractivity contribution in [2.45, 2.75) is 44.6 Å². The van der Waals surface area contributed by atoms with Crippen LogP contribution in [-0.4, -0.2) is 64.5 Å². The maximum atomic E-state index is 12.1. The summed E-state index contributed by atoms with van der Waals surface area (Å²) in [7, 11) is 0. The van der Waals surface area contributed by atoms with E-state index in [9.17, 15) is 19.5 Å². The van der Waals surface area contributed by atoms with Crippen molar-refractivity contribution in [2.75, 3.05) is 13.2 Å². The summed E-state index contributed by atoms with van der Waals surface area (Å²) >= 11 is 0. The standard InChI is InChI=1S/C13H19N5O6/c1-13(3-2-10(20)21)6-18(12(23)15-11(13)22)9-4-7(16-17-14)8(5-19)24-9/h7-9,19H,2-6H2,1H3,(H,20,21)(H,15,22,23)/t7-,8+,9+,13?/m0/s1. The Kier molecular flexibility index (Phi) is 5.27. The topological polar surface area (TPSA) is 165 Å². The molecule has 11 heteroatoms. The van der Waals surface area contributed by atoms with Crippen LogP contribution in [0.2, 0.25) is 0 Å². The van der Waals surface area contributed by atoms with Gasteiger partial charge in [-0.15, -0.1) is 0 Å². The van der Waals surface area contributed by atoms with Crippen LogP contribution in [0.3, 0.4) is 0 Å². The van der Waals surface area contributed by atoms with Crippen LogP contribution < -0.4 is 5.32 Å². The van der Waals surface area contributed by atoms with E-state index in [4.69, 9.17) is 15.4 Å². The van der Waals surface area contributed by atoms with Gasteiger partial charge in [0.1, 0.15) is 6.23 Å². The zero-order chi connectivity index (χ0) is 17.9. The summed E-state index contributed by atoms with van der Waals surface area (Å²) in [4.78, 5) is 39.0. The van der Waals surface area contributed by atoms with Gasteiger partial charge < -0.3 is 14.9 Å². The highest BCUT2D eigenvalue weighted by molar-refractivity contribution is 6.00. The van der Waals surface area contributed by atoms with Crippen molar-refractivity contribution in [1.29, 1.82) is 0 Å². The lowest BCUT2D eigenvalue weighted by Gasteiger charge is -2.41. The first-order valence-electron chi connectivity index (χ1n) is 7.45. The van der Waals surface area contributed by atoms with Gasteiger partial charge in [-0.05, 0) is 18.9 Å². The van der Waals surface area contributed by atoms with Gasteiger partial charge in [-0.2, -0.15) is 0 Å². The number of amides is 3. The van der Waals surface area contributed by atoms with Crippen LogP contribution in [0.1, 0.15) is 26.2 Å². The zero-order valence-electron chi connectivity index (χ0n) is 13.1. The smallest absolute Gasteiger partial charge is 0.326 e. The predicted octanol–water partition coefficient (Wildman–Crippen LogP) is 0.196. The average molecular weight is 341 g/mol. The molecule has 24 heavy (non-hydrogen) atoms. The second kappa shape index (κ2) is 7.04. The third kappa shape index (κ3) is 3.58. The summed E-state index contributed by atoms with van der Waals surface area (Å²) in [6.45, 7) is 1.19. The minimum atomic E-state index is -1.07. The molecule has 0 bridgehead atoms. The molecule has 0 saturated carbocycles. The lowest BCUT2D eigenvalue weighted by atomic mass is 9.82. The summed E-state index contributed by atoms with van der Waals surface area (Å²) in [5.74, 6) is -1.57. The van der Waals surface area contributed by atoms with E-state index >= 15 is 0 Å². The van der Waals surface area contributed by atoms with Crippen molar-refractivity contribution in [1.82, 2.24) is 10.2 Å². The average Bonchev–Trinajstić information content (AvgIpc) is 2.92. The molecule has 0 aromatic carbocycles. The van der Waals surface area contributed by atoms with Crippen molar-refractivity contribution >= 4 is 17.9 Å². The fourth-order valence-corrected chi connectivity index (χ4v) is 2.91. The summed E-state index contributed by atoms with van der Waals surface area (Å²) < 4.78 is 5.56. The highest BCUT2D eigenvalue weighted by atomic mass is 16.5. The summed E-state index contributed by atoms with van der Waals surface area (Å²) in [5, 5.41) is 23.9. The number of ether oxygens (including phenoxy) is 1. The van der Waals surface area contributed by atoms with Gasteiger partial charge in [-0.1, -0.05) is 5.11 Å². The van der Waals surface area contributed by atoms with E-state index in [-0.39, 0.29) is 32.4 Å². The third-order valence-corrected chi connectivity index (χ3v) is 4.37. The highest BCUT2D eigenvalue weighted by Gasteiger charge is 2.47. The number of carboxylic acids is 1. The minimum absolute atomic E-state index is 0.0171. The molecule has 2 rings (SSSR count). The van der Waals surface area contributed by atoms with Gasteiger partial charge in [0.25, 0.3) is 0 Å². The van der Waals surface area contributed by atoms with Crippen molar-refractivity contribution in [3.8, 4) is 0 Å². The SMILES string of the molecule is CC1(CCC(=O)O)CN([C@H]2C[C@H](N=[N+]=[N-])[C@@H](CO)O2)C(=O)NC1=O. The number of aliphatic hydroxyl groups excluding tert-OH is 1. The molecule has 3 N–H and O–H groups in total. The Balaban J connectivity index is 2.14. The van der Waals surface area contributed by atoms with Crippen LogP contribution in [0.4, 0.5) is 4.79 Å². The van der Waals surface area contributed by atoms with E-state index in [1.54, 1.807) is 6.92 Å². The summed E-state index contributed by atoms with van der Waals surface area (Å²) in [6, 6.07) is -1.28. The Morgan fingerprint density at radius 3 is 2.88 bits per heavy atom. The molecule has 0 radical (unpaired) electrons. The molecule has 11 nitrogen and oxygen atoms in total. The molecule has 2 heterocycles. The maximum absolute atomic E-state index is 12.1. The van der Waals surface area contributed by atoms with E-state index in [0.29, 0.717) is 0 Å². The Morgan fingerprint density at radius 1 is 1.58 bits per heavy atom. The fourth-order valence-electron chi connectivity index (χ4n) is 2.91.